The fraction of sp³-hybridized carbons (Fsp3) is 0.400. The zero-order valence-electron chi connectivity index (χ0n) is 8.29. The van der Waals surface area contributed by atoms with Crippen LogP contribution < -0.4 is 10.7 Å². The molecule has 1 aromatic rings. The Morgan fingerprint density at radius 3 is 2.33 bits per heavy atom. The first-order chi connectivity index (χ1) is 7.16. The van der Waals surface area contributed by atoms with Gasteiger partial charge >= 0.3 is 0 Å². The number of benzene rings is 1. The maximum absolute atomic E-state index is 13.4. The minimum Gasteiger partial charge on any atom is -0.366 e. The van der Waals surface area contributed by atoms with E-state index < -0.39 is 11.6 Å². The van der Waals surface area contributed by atoms with E-state index in [1.165, 1.54) is 12.1 Å². The third-order valence-electron chi connectivity index (χ3n) is 2.56. The van der Waals surface area contributed by atoms with Crippen molar-refractivity contribution in [2.75, 3.05) is 31.1 Å². The Hall–Kier alpha value is -1.20. The second-order valence-electron chi connectivity index (χ2n) is 3.62. The number of hydrazine groups is 1. The Bertz CT molecular complexity index is 349. The lowest BCUT2D eigenvalue weighted by atomic mass is 10.2. The van der Waals surface area contributed by atoms with E-state index in [2.05, 4.69) is 0 Å². The first-order valence-electron chi connectivity index (χ1n) is 4.86. The summed E-state index contributed by atoms with van der Waals surface area (Å²) in [5.41, 5.74) is 0.449. The molecule has 0 amide bonds. The van der Waals surface area contributed by atoms with E-state index in [0.717, 1.165) is 6.07 Å². The lowest BCUT2D eigenvalue weighted by molar-refractivity contribution is 0.265. The molecule has 1 fully saturated rings. The van der Waals surface area contributed by atoms with Crippen molar-refractivity contribution in [3.63, 3.8) is 0 Å². The van der Waals surface area contributed by atoms with Gasteiger partial charge in [0.05, 0.1) is 5.69 Å². The van der Waals surface area contributed by atoms with Crippen LogP contribution in [0.1, 0.15) is 0 Å². The van der Waals surface area contributed by atoms with Gasteiger partial charge in [-0.05, 0) is 12.1 Å². The van der Waals surface area contributed by atoms with Crippen LogP contribution in [0.2, 0.25) is 0 Å². The summed E-state index contributed by atoms with van der Waals surface area (Å²) in [6.45, 7) is 2.71. The molecule has 2 N–H and O–H groups in total. The van der Waals surface area contributed by atoms with Crippen LogP contribution in [0.25, 0.3) is 0 Å². The van der Waals surface area contributed by atoms with Gasteiger partial charge in [0.15, 0.2) is 0 Å². The van der Waals surface area contributed by atoms with E-state index in [1.807, 2.05) is 4.90 Å². The van der Waals surface area contributed by atoms with Gasteiger partial charge < -0.3 is 4.90 Å². The SMILES string of the molecule is NN1CCN(c2ccc(F)cc2F)CC1. The molecular formula is C10H13F2N3. The molecule has 0 bridgehead atoms. The second kappa shape index (κ2) is 4.12. The van der Waals surface area contributed by atoms with Crippen LogP contribution in [0.5, 0.6) is 0 Å². The number of rotatable bonds is 1. The van der Waals surface area contributed by atoms with Gasteiger partial charge in [-0.2, -0.15) is 0 Å². The summed E-state index contributed by atoms with van der Waals surface area (Å²) in [7, 11) is 0. The van der Waals surface area contributed by atoms with Crippen molar-refractivity contribution >= 4 is 5.69 Å². The zero-order valence-corrected chi connectivity index (χ0v) is 8.29. The summed E-state index contributed by atoms with van der Waals surface area (Å²) in [5.74, 6) is 4.53. The van der Waals surface area contributed by atoms with Crippen molar-refractivity contribution < 1.29 is 8.78 Å². The van der Waals surface area contributed by atoms with E-state index in [4.69, 9.17) is 5.84 Å². The van der Waals surface area contributed by atoms with Crippen LogP contribution in [0.3, 0.4) is 0 Å². The van der Waals surface area contributed by atoms with E-state index in [9.17, 15) is 8.78 Å². The summed E-state index contributed by atoms with van der Waals surface area (Å²) in [5, 5.41) is 1.69. The maximum atomic E-state index is 13.4. The Labute approximate surface area is 87.0 Å². The van der Waals surface area contributed by atoms with Crippen LogP contribution in [0.15, 0.2) is 18.2 Å². The summed E-state index contributed by atoms with van der Waals surface area (Å²) in [6.07, 6.45) is 0. The van der Waals surface area contributed by atoms with Gasteiger partial charge in [-0.3, -0.25) is 5.84 Å². The highest BCUT2D eigenvalue weighted by atomic mass is 19.1. The van der Waals surface area contributed by atoms with Crippen LogP contribution in [0.4, 0.5) is 14.5 Å². The molecule has 0 saturated carbocycles. The summed E-state index contributed by atoms with van der Waals surface area (Å²) in [6, 6.07) is 3.65. The van der Waals surface area contributed by atoms with Gasteiger partial charge in [0.2, 0.25) is 0 Å². The van der Waals surface area contributed by atoms with Crippen LogP contribution >= 0.6 is 0 Å². The maximum Gasteiger partial charge on any atom is 0.149 e. The Morgan fingerprint density at radius 2 is 1.73 bits per heavy atom. The fourth-order valence-electron chi connectivity index (χ4n) is 1.70. The Morgan fingerprint density at radius 1 is 1.07 bits per heavy atom. The number of hydrogen-bond donors (Lipinski definition) is 1. The highest BCUT2D eigenvalue weighted by Gasteiger charge is 2.17. The van der Waals surface area contributed by atoms with E-state index >= 15 is 0 Å². The van der Waals surface area contributed by atoms with E-state index in [1.54, 1.807) is 5.01 Å². The molecule has 1 aliphatic rings. The number of halogens is 2. The number of nitrogens with two attached hydrogens (primary N) is 1. The number of piperazine rings is 1. The molecule has 1 heterocycles. The number of hydrogen-bond acceptors (Lipinski definition) is 3. The molecule has 0 aromatic heterocycles. The quantitative estimate of drug-likeness (QED) is 0.705. The summed E-state index contributed by atoms with van der Waals surface area (Å²) < 4.78 is 26.1. The minimum atomic E-state index is -0.547. The lowest BCUT2D eigenvalue weighted by Crippen LogP contribution is -2.49. The largest absolute Gasteiger partial charge is 0.366 e. The first-order valence-corrected chi connectivity index (χ1v) is 4.86. The Kier molecular flexibility index (Phi) is 2.83. The van der Waals surface area contributed by atoms with Crippen molar-refractivity contribution in [1.82, 2.24) is 5.01 Å². The van der Waals surface area contributed by atoms with Crippen LogP contribution in [0, 0.1) is 11.6 Å². The zero-order chi connectivity index (χ0) is 10.8. The molecule has 0 radical (unpaired) electrons. The lowest BCUT2D eigenvalue weighted by Gasteiger charge is -2.33. The van der Waals surface area contributed by atoms with Gasteiger partial charge in [0.1, 0.15) is 11.6 Å². The molecule has 1 aliphatic heterocycles. The summed E-state index contributed by atoms with van der Waals surface area (Å²) >= 11 is 0. The third kappa shape index (κ3) is 2.24. The second-order valence-corrected chi connectivity index (χ2v) is 3.62. The van der Waals surface area contributed by atoms with E-state index in [0.29, 0.717) is 31.9 Å². The van der Waals surface area contributed by atoms with Crippen molar-refractivity contribution in [3.8, 4) is 0 Å². The summed E-state index contributed by atoms with van der Waals surface area (Å²) in [4.78, 5) is 1.87. The molecule has 5 heteroatoms. The number of anilines is 1. The van der Waals surface area contributed by atoms with Crippen molar-refractivity contribution in [3.05, 3.63) is 29.8 Å². The van der Waals surface area contributed by atoms with Crippen LogP contribution in [-0.4, -0.2) is 31.2 Å². The molecule has 82 valence electrons. The van der Waals surface area contributed by atoms with Gasteiger partial charge in [0, 0.05) is 32.2 Å². The molecule has 0 unspecified atom stereocenters. The predicted molar refractivity (Wildman–Crippen MR) is 54.3 cm³/mol. The topological polar surface area (TPSA) is 32.5 Å². The highest BCUT2D eigenvalue weighted by molar-refractivity contribution is 5.48. The average Bonchev–Trinajstić information content (AvgIpc) is 2.20. The molecule has 2 rings (SSSR count). The first kappa shape index (κ1) is 10.3. The number of nitrogens with zero attached hydrogens (tertiary/aromatic N) is 2. The van der Waals surface area contributed by atoms with Gasteiger partial charge in [0.25, 0.3) is 0 Å². The monoisotopic (exact) mass is 213 g/mol. The normalized spacial score (nSPS) is 18.2. The smallest absolute Gasteiger partial charge is 0.149 e. The molecule has 15 heavy (non-hydrogen) atoms. The molecule has 0 spiro atoms. The standard InChI is InChI=1S/C10H13F2N3/c11-8-1-2-10(9(12)7-8)14-3-5-15(13)6-4-14/h1-2,7H,3-6,13H2. The molecule has 3 nitrogen and oxygen atoms in total. The van der Waals surface area contributed by atoms with Crippen molar-refractivity contribution in [1.29, 1.82) is 0 Å². The average molecular weight is 213 g/mol. The predicted octanol–water partition coefficient (Wildman–Crippen LogP) is 0.960. The third-order valence-corrected chi connectivity index (χ3v) is 2.56. The van der Waals surface area contributed by atoms with Gasteiger partial charge in [-0.1, -0.05) is 0 Å². The van der Waals surface area contributed by atoms with Gasteiger partial charge in [-0.25, -0.2) is 13.8 Å². The Balaban J connectivity index is 2.15. The molecule has 1 saturated heterocycles. The highest BCUT2D eigenvalue weighted by Crippen LogP contribution is 2.20. The van der Waals surface area contributed by atoms with Crippen molar-refractivity contribution in [2.45, 2.75) is 0 Å². The molecular weight excluding hydrogens is 200 g/mol. The van der Waals surface area contributed by atoms with Gasteiger partial charge in [-0.15, -0.1) is 0 Å². The molecule has 0 atom stereocenters. The minimum absolute atomic E-state index is 0.449. The fourth-order valence-corrected chi connectivity index (χ4v) is 1.70. The van der Waals surface area contributed by atoms with Crippen LogP contribution in [-0.2, 0) is 0 Å². The van der Waals surface area contributed by atoms with E-state index in [-0.39, 0.29) is 0 Å². The molecule has 0 aliphatic carbocycles. The molecule has 1 aromatic carbocycles. The van der Waals surface area contributed by atoms with Crippen molar-refractivity contribution in [2.24, 2.45) is 5.84 Å².